The molecule has 116 valence electrons. The van der Waals surface area contributed by atoms with Gasteiger partial charge in [0.15, 0.2) is 5.95 Å². The summed E-state index contributed by atoms with van der Waals surface area (Å²) in [5, 5.41) is 0. The Labute approximate surface area is 130 Å². The minimum atomic E-state index is -0.242. The van der Waals surface area contributed by atoms with Crippen LogP contribution in [-0.4, -0.2) is 15.9 Å². The molecule has 0 radical (unpaired) electrons. The lowest BCUT2D eigenvalue weighted by molar-refractivity contribution is -0.119. The van der Waals surface area contributed by atoms with Gasteiger partial charge in [0.2, 0.25) is 5.91 Å². The van der Waals surface area contributed by atoms with Crippen LogP contribution in [0.1, 0.15) is 43.6 Å². The molecule has 1 aliphatic carbocycles. The first kappa shape index (κ1) is 14.6. The second-order valence-electron chi connectivity index (χ2n) is 6.15. The van der Waals surface area contributed by atoms with Gasteiger partial charge in [0.1, 0.15) is 0 Å². The van der Waals surface area contributed by atoms with Gasteiger partial charge in [0.05, 0.1) is 17.8 Å². The molecule has 1 saturated carbocycles. The lowest BCUT2D eigenvalue weighted by atomic mass is 9.86. The van der Waals surface area contributed by atoms with E-state index < -0.39 is 0 Å². The van der Waals surface area contributed by atoms with Gasteiger partial charge in [-0.05, 0) is 29.5 Å². The van der Waals surface area contributed by atoms with Crippen LogP contribution in [0.15, 0.2) is 30.5 Å². The number of nitrogens with zero attached hydrogens (tertiary/aromatic N) is 1. The number of hydrogen-bond acceptors (Lipinski definition) is 3. The van der Waals surface area contributed by atoms with Crippen LogP contribution in [-0.2, 0) is 4.79 Å². The molecule has 1 aromatic carbocycles. The highest BCUT2D eigenvalue weighted by atomic mass is 16.1. The fourth-order valence-electron chi connectivity index (χ4n) is 3.40. The van der Waals surface area contributed by atoms with Crippen LogP contribution in [0.3, 0.4) is 0 Å². The molecule has 5 N–H and O–H groups in total. The number of carbonyl (C=O) groups excluding carboxylic acids is 1. The second-order valence-corrected chi connectivity index (χ2v) is 6.15. The number of nitrogens with one attached hydrogen (secondary N) is 1. The van der Waals surface area contributed by atoms with Crippen LogP contribution in [0.25, 0.3) is 11.3 Å². The van der Waals surface area contributed by atoms with Crippen LogP contribution >= 0.6 is 0 Å². The topological polar surface area (TPSA) is 97.8 Å². The zero-order valence-electron chi connectivity index (χ0n) is 12.6. The molecule has 1 amide bonds. The van der Waals surface area contributed by atoms with Crippen LogP contribution in [0, 0.1) is 5.92 Å². The van der Waals surface area contributed by atoms with Gasteiger partial charge in [0, 0.05) is 0 Å². The predicted octanol–water partition coefficient (Wildman–Crippen LogP) is 2.81. The SMILES string of the molecule is NC(=O)C(CC1CCCC1)c1cccc(-c2cnc(N)[nH]2)c1. The van der Waals surface area contributed by atoms with Gasteiger partial charge in [0.25, 0.3) is 0 Å². The number of benzene rings is 1. The van der Waals surface area contributed by atoms with E-state index >= 15 is 0 Å². The van der Waals surface area contributed by atoms with E-state index in [-0.39, 0.29) is 11.8 Å². The largest absolute Gasteiger partial charge is 0.369 e. The molecule has 0 aliphatic heterocycles. The Morgan fingerprint density at radius 1 is 1.36 bits per heavy atom. The Balaban J connectivity index is 1.86. The minimum Gasteiger partial charge on any atom is -0.369 e. The number of rotatable bonds is 5. The van der Waals surface area contributed by atoms with Crippen molar-refractivity contribution in [3.63, 3.8) is 0 Å². The van der Waals surface area contributed by atoms with Crippen molar-refractivity contribution >= 4 is 11.9 Å². The Morgan fingerprint density at radius 2 is 2.14 bits per heavy atom. The lowest BCUT2D eigenvalue weighted by Gasteiger charge is -2.18. The molecule has 1 fully saturated rings. The maximum absolute atomic E-state index is 11.9. The van der Waals surface area contributed by atoms with Crippen molar-refractivity contribution in [2.75, 3.05) is 5.73 Å². The number of H-pyrrole nitrogens is 1. The van der Waals surface area contributed by atoms with Crippen LogP contribution < -0.4 is 11.5 Å². The molecule has 1 atom stereocenters. The van der Waals surface area contributed by atoms with Gasteiger partial charge in [-0.2, -0.15) is 0 Å². The molecule has 0 bridgehead atoms. The zero-order chi connectivity index (χ0) is 15.5. The van der Waals surface area contributed by atoms with Gasteiger partial charge in [-0.3, -0.25) is 4.79 Å². The number of carbonyl (C=O) groups is 1. The number of nitrogens with two attached hydrogens (primary N) is 2. The summed E-state index contributed by atoms with van der Waals surface area (Å²) < 4.78 is 0. The molecule has 5 nitrogen and oxygen atoms in total. The first-order valence-corrected chi connectivity index (χ1v) is 7.83. The number of amides is 1. The molecule has 1 unspecified atom stereocenters. The standard InChI is InChI=1S/C17H22N4O/c18-16(22)14(8-11-4-1-2-5-11)12-6-3-7-13(9-12)15-10-20-17(19)21-15/h3,6-7,9-11,14H,1-2,4-5,8H2,(H2,18,22)(H3,19,20,21). The summed E-state index contributed by atoms with van der Waals surface area (Å²) in [6.07, 6.45) is 7.50. The highest BCUT2D eigenvalue weighted by molar-refractivity contribution is 5.82. The second kappa shape index (κ2) is 6.22. The van der Waals surface area contributed by atoms with E-state index in [4.69, 9.17) is 11.5 Å². The van der Waals surface area contributed by atoms with Crippen LogP contribution in [0.2, 0.25) is 0 Å². The molecule has 22 heavy (non-hydrogen) atoms. The lowest BCUT2D eigenvalue weighted by Crippen LogP contribution is -2.23. The fourth-order valence-corrected chi connectivity index (χ4v) is 3.40. The maximum atomic E-state index is 11.9. The summed E-state index contributed by atoms with van der Waals surface area (Å²) in [6.45, 7) is 0. The third kappa shape index (κ3) is 3.13. The summed E-state index contributed by atoms with van der Waals surface area (Å²) in [5.74, 6) is 0.540. The monoisotopic (exact) mass is 298 g/mol. The van der Waals surface area contributed by atoms with E-state index in [9.17, 15) is 4.79 Å². The quantitative estimate of drug-likeness (QED) is 0.791. The van der Waals surface area contributed by atoms with E-state index in [1.54, 1.807) is 6.20 Å². The molecule has 0 saturated heterocycles. The highest BCUT2D eigenvalue weighted by Gasteiger charge is 2.25. The molecule has 1 heterocycles. The molecule has 1 aliphatic rings. The molecule has 0 spiro atoms. The maximum Gasteiger partial charge on any atom is 0.224 e. The Bertz CT molecular complexity index is 658. The molecule has 1 aromatic heterocycles. The van der Waals surface area contributed by atoms with Crippen LogP contribution in [0.5, 0.6) is 0 Å². The molecular formula is C17H22N4O. The van der Waals surface area contributed by atoms with Crippen molar-refractivity contribution in [1.82, 2.24) is 9.97 Å². The van der Waals surface area contributed by atoms with Crippen molar-refractivity contribution in [3.8, 4) is 11.3 Å². The van der Waals surface area contributed by atoms with Gasteiger partial charge < -0.3 is 16.5 Å². The number of nitrogen functional groups attached to an aromatic ring is 1. The molecule has 5 heteroatoms. The van der Waals surface area contributed by atoms with Crippen molar-refractivity contribution in [1.29, 1.82) is 0 Å². The summed E-state index contributed by atoms with van der Waals surface area (Å²) in [4.78, 5) is 18.9. The predicted molar refractivity (Wildman–Crippen MR) is 86.9 cm³/mol. The van der Waals surface area contributed by atoms with Gasteiger partial charge >= 0.3 is 0 Å². The Morgan fingerprint density at radius 3 is 2.77 bits per heavy atom. The average molecular weight is 298 g/mol. The first-order chi connectivity index (χ1) is 10.6. The molecule has 2 aromatic rings. The number of imidazole rings is 1. The smallest absolute Gasteiger partial charge is 0.224 e. The molecular weight excluding hydrogens is 276 g/mol. The number of aromatic nitrogens is 2. The first-order valence-electron chi connectivity index (χ1n) is 7.83. The van der Waals surface area contributed by atoms with E-state index in [0.29, 0.717) is 11.9 Å². The van der Waals surface area contributed by atoms with E-state index in [2.05, 4.69) is 9.97 Å². The van der Waals surface area contributed by atoms with E-state index in [1.165, 1.54) is 25.7 Å². The van der Waals surface area contributed by atoms with Crippen molar-refractivity contribution in [2.45, 2.75) is 38.0 Å². The fraction of sp³-hybridized carbons (Fsp3) is 0.412. The zero-order valence-corrected chi connectivity index (χ0v) is 12.6. The van der Waals surface area contributed by atoms with Gasteiger partial charge in [-0.1, -0.05) is 43.9 Å². The van der Waals surface area contributed by atoms with E-state index in [0.717, 1.165) is 23.2 Å². The van der Waals surface area contributed by atoms with Gasteiger partial charge in [-0.25, -0.2) is 4.98 Å². The normalized spacial score (nSPS) is 16.7. The van der Waals surface area contributed by atoms with Gasteiger partial charge in [-0.15, -0.1) is 0 Å². The Hall–Kier alpha value is -2.30. The van der Waals surface area contributed by atoms with Crippen molar-refractivity contribution in [3.05, 3.63) is 36.0 Å². The van der Waals surface area contributed by atoms with E-state index in [1.807, 2.05) is 24.3 Å². The summed E-state index contributed by atoms with van der Waals surface area (Å²) in [6, 6.07) is 7.92. The average Bonchev–Trinajstić information content (AvgIpc) is 3.16. The van der Waals surface area contributed by atoms with Crippen molar-refractivity contribution in [2.24, 2.45) is 11.7 Å². The third-order valence-electron chi connectivity index (χ3n) is 4.58. The number of hydrogen-bond donors (Lipinski definition) is 3. The number of primary amides is 1. The number of anilines is 1. The van der Waals surface area contributed by atoms with Crippen LogP contribution in [0.4, 0.5) is 5.95 Å². The van der Waals surface area contributed by atoms with Crippen molar-refractivity contribution < 1.29 is 4.79 Å². The summed E-state index contributed by atoms with van der Waals surface area (Å²) in [5.41, 5.74) is 14.1. The minimum absolute atomic E-state index is 0.219. The Kier molecular flexibility index (Phi) is 4.13. The summed E-state index contributed by atoms with van der Waals surface area (Å²) >= 11 is 0. The molecule has 3 rings (SSSR count). The third-order valence-corrected chi connectivity index (χ3v) is 4.58. The summed E-state index contributed by atoms with van der Waals surface area (Å²) in [7, 11) is 0. The highest BCUT2D eigenvalue weighted by Crippen LogP contribution is 2.35. The number of aromatic amines is 1.